The molecule has 5 nitrogen and oxygen atoms in total. The van der Waals surface area contributed by atoms with Crippen molar-refractivity contribution in [3.8, 4) is 11.3 Å². The molecule has 0 radical (unpaired) electrons. The van der Waals surface area contributed by atoms with Gasteiger partial charge in [-0.25, -0.2) is 9.37 Å². The molecule has 25 heavy (non-hydrogen) atoms. The van der Waals surface area contributed by atoms with Crippen molar-refractivity contribution in [3.05, 3.63) is 52.8 Å². The Morgan fingerprint density at radius 1 is 1.16 bits per heavy atom. The molecule has 0 aliphatic rings. The van der Waals surface area contributed by atoms with E-state index in [0.29, 0.717) is 15.9 Å². The lowest BCUT2D eigenvalue weighted by Gasteiger charge is -2.03. The fourth-order valence-corrected chi connectivity index (χ4v) is 3.44. The third-order valence-electron chi connectivity index (χ3n) is 3.41. The molecule has 0 saturated carbocycles. The van der Waals surface area contributed by atoms with Gasteiger partial charge in [0.25, 0.3) is 0 Å². The van der Waals surface area contributed by atoms with Crippen molar-refractivity contribution in [3.63, 3.8) is 0 Å². The number of carbonyl (C=O) groups is 1. The molecule has 1 amide bonds. The first-order valence-corrected chi connectivity index (χ1v) is 9.28. The van der Waals surface area contributed by atoms with Crippen LogP contribution >= 0.6 is 23.1 Å². The highest BCUT2D eigenvalue weighted by molar-refractivity contribution is 7.99. The van der Waals surface area contributed by atoms with Crippen molar-refractivity contribution >= 4 is 34.1 Å². The van der Waals surface area contributed by atoms with Crippen LogP contribution in [0.1, 0.15) is 10.6 Å². The van der Waals surface area contributed by atoms with Crippen molar-refractivity contribution in [1.29, 1.82) is 0 Å². The second-order valence-corrected chi connectivity index (χ2v) is 7.46. The summed E-state index contributed by atoms with van der Waals surface area (Å²) in [4.78, 5) is 17.3. The van der Waals surface area contributed by atoms with Gasteiger partial charge in [0.1, 0.15) is 10.8 Å². The molecule has 0 saturated heterocycles. The van der Waals surface area contributed by atoms with E-state index in [2.05, 4.69) is 20.5 Å². The highest BCUT2D eigenvalue weighted by Crippen LogP contribution is 2.23. The molecule has 3 rings (SSSR count). The normalized spacial score (nSPS) is 10.7. The van der Waals surface area contributed by atoms with E-state index in [4.69, 9.17) is 0 Å². The van der Waals surface area contributed by atoms with Crippen molar-refractivity contribution in [2.75, 3.05) is 11.1 Å². The number of carbonyl (C=O) groups excluding carboxylic acids is 1. The summed E-state index contributed by atoms with van der Waals surface area (Å²) >= 11 is 2.75. The van der Waals surface area contributed by atoms with Gasteiger partial charge >= 0.3 is 0 Å². The number of nitrogens with one attached hydrogen (secondary N) is 1. The van der Waals surface area contributed by atoms with Crippen LogP contribution in [-0.2, 0) is 4.79 Å². The van der Waals surface area contributed by atoms with Crippen LogP contribution in [0.15, 0.2) is 41.4 Å². The van der Waals surface area contributed by atoms with Crippen molar-refractivity contribution in [2.24, 2.45) is 0 Å². The maximum Gasteiger partial charge on any atom is 0.236 e. The number of benzene rings is 1. The van der Waals surface area contributed by atoms with Crippen LogP contribution in [0.25, 0.3) is 11.3 Å². The van der Waals surface area contributed by atoms with E-state index in [9.17, 15) is 9.18 Å². The summed E-state index contributed by atoms with van der Waals surface area (Å²) in [6.45, 7) is 3.88. The van der Waals surface area contributed by atoms with Gasteiger partial charge in [-0.15, -0.1) is 21.5 Å². The molecule has 8 heteroatoms. The maximum absolute atomic E-state index is 12.9. The standard InChI is InChI=1S/C17H15FN4OS2/c1-10-11(2)25-17(19-10)20-15(23)9-24-16-8-7-14(21-22-16)12-3-5-13(18)6-4-12/h3-8H,9H2,1-2H3,(H,19,20,23). The summed E-state index contributed by atoms with van der Waals surface area (Å²) < 4.78 is 12.9. The van der Waals surface area contributed by atoms with Gasteiger partial charge in [-0.2, -0.15) is 0 Å². The quantitative estimate of drug-likeness (QED) is 0.682. The second-order valence-electron chi connectivity index (χ2n) is 5.26. The number of hydrogen-bond donors (Lipinski definition) is 1. The van der Waals surface area contributed by atoms with Crippen LogP contribution in [0, 0.1) is 19.7 Å². The van der Waals surface area contributed by atoms with Crippen LogP contribution < -0.4 is 5.32 Å². The van der Waals surface area contributed by atoms with Crippen molar-refractivity contribution < 1.29 is 9.18 Å². The number of thiazole rings is 1. The van der Waals surface area contributed by atoms with Crippen LogP contribution in [0.3, 0.4) is 0 Å². The number of thioether (sulfide) groups is 1. The summed E-state index contributed by atoms with van der Waals surface area (Å²) in [7, 11) is 0. The first kappa shape index (κ1) is 17.5. The zero-order valence-electron chi connectivity index (χ0n) is 13.6. The van der Waals surface area contributed by atoms with E-state index in [-0.39, 0.29) is 17.5 Å². The molecular formula is C17H15FN4OS2. The fraction of sp³-hybridized carbons (Fsp3) is 0.176. The van der Waals surface area contributed by atoms with Crippen LogP contribution in [0.5, 0.6) is 0 Å². The molecule has 1 aromatic carbocycles. The van der Waals surface area contributed by atoms with Gasteiger partial charge in [0.15, 0.2) is 5.13 Å². The number of hydrogen-bond acceptors (Lipinski definition) is 6. The fourth-order valence-electron chi connectivity index (χ4n) is 1.99. The van der Waals surface area contributed by atoms with Crippen LogP contribution in [0.2, 0.25) is 0 Å². The molecule has 2 heterocycles. The predicted molar refractivity (Wildman–Crippen MR) is 98.4 cm³/mol. The number of nitrogens with zero attached hydrogens (tertiary/aromatic N) is 3. The first-order chi connectivity index (χ1) is 12.0. The second kappa shape index (κ2) is 7.71. The average Bonchev–Trinajstić information content (AvgIpc) is 2.91. The SMILES string of the molecule is Cc1nc(NC(=O)CSc2ccc(-c3ccc(F)cc3)nn2)sc1C. The lowest BCUT2D eigenvalue weighted by atomic mass is 10.1. The molecule has 0 atom stereocenters. The number of aryl methyl sites for hydroxylation is 2. The number of anilines is 1. The number of halogens is 1. The Bertz CT molecular complexity index is 859. The Hall–Kier alpha value is -2.32. The lowest BCUT2D eigenvalue weighted by Crippen LogP contribution is -2.14. The topological polar surface area (TPSA) is 67.8 Å². The van der Waals surface area contributed by atoms with Gasteiger partial charge in [0.2, 0.25) is 5.91 Å². The third kappa shape index (κ3) is 4.61. The van der Waals surface area contributed by atoms with E-state index in [1.807, 2.05) is 13.8 Å². The molecule has 0 spiro atoms. The smallest absolute Gasteiger partial charge is 0.236 e. The highest BCUT2D eigenvalue weighted by atomic mass is 32.2. The van der Waals surface area contributed by atoms with E-state index >= 15 is 0 Å². The van der Waals surface area contributed by atoms with Gasteiger partial charge < -0.3 is 5.32 Å². The van der Waals surface area contributed by atoms with Crippen molar-refractivity contribution in [1.82, 2.24) is 15.2 Å². The highest BCUT2D eigenvalue weighted by Gasteiger charge is 2.09. The lowest BCUT2D eigenvalue weighted by molar-refractivity contribution is -0.113. The van der Waals surface area contributed by atoms with Crippen LogP contribution in [-0.4, -0.2) is 26.8 Å². The Labute approximate surface area is 152 Å². The first-order valence-electron chi connectivity index (χ1n) is 7.47. The van der Waals surface area contributed by atoms with Gasteiger partial charge in [-0.3, -0.25) is 4.79 Å². The summed E-state index contributed by atoms with van der Waals surface area (Å²) in [5.74, 6) is -0.203. The molecule has 128 valence electrons. The van der Waals surface area contributed by atoms with Gasteiger partial charge in [-0.05, 0) is 50.2 Å². The van der Waals surface area contributed by atoms with E-state index in [1.54, 1.807) is 24.3 Å². The number of amides is 1. The molecule has 0 bridgehead atoms. The number of rotatable bonds is 5. The summed E-state index contributed by atoms with van der Waals surface area (Å²) in [6, 6.07) is 9.66. The Morgan fingerprint density at radius 2 is 1.92 bits per heavy atom. The summed E-state index contributed by atoms with van der Waals surface area (Å²) in [5, 5.41) is 12.3. The van der Waals surface area contributed by atoms with E-state index < -0.39 is 0 Å². The predicted octanol–water partition coefficient (Wildman–Crippen LogP) is 4.09. The maximum atomic E-state index is 12.9. The zero-order chi connectivity index (χ0) is 17.8. The molecule has 3 aromatic rings. The molecule has 2 aromatic heterocycles. The molecule has 0 aliphatic carbocycles. The largest absolute Gasteiger partial charge is 0.301 e. The Kier molecular flexibility index (Phi) is 5.40. The summed E-state index contributed by atoms with van der Waals surface area (Å²) in [5.41, 5.74) is 2.37. The van der Waals surface area contributed by atoms with E-state index in [1.165, 1.54) is 35.2 Å². The zero-order valence-corrected chi connectivity index (χ0v) is 15.2. The minimum atomic E-state index is -0.291. The van der Waals surface area contributed by atoms with Gasteiger partial charge in [-0.1, -0.05) is 11.8 Å². The van der Waals surface area contributed by atoms with Gasteiger partial charge in [0.05, 0.1) is 17.1 Å². The molecule has 1 N–H and O–H groups in total. The number of aromatic nitrogens is 3. The molecule has 0 fully saturated rings. The Balaban J connectivity index is 1.56. The van der Waals surface area contributed by atoms with Gasteiger partial charge in [0, 0.05) is 10.4 Å². The monoisotopic (exact) mass is 374 g/mol. The molecule has 0 aliphatic heterocycles. The minimum absolute atomic E-state index is 0.136. The third-order valence-corrected chi connectivity index (χ3v) is 5.31. The minimum Gasteiger partial charge on any atom is -0.301 e. The molecular weight excluding hydrogens is 359 g/mol. The van der Waals surface area contributed by atoms with E-state index in [0.717, 1.165) is 16.1 Å². The van der Waals surface area contributed by atoms with Crippen molar-refractivity contribution in [2.45, 2.75) is 18.9 Å². The molecule has 0 unspecified atom stereocenters. The summed E-state index contributed by atoms with van der Waals surface area (Å²) in [6.07, 6.45) is 0. The average molecular weight is 374 g/mol. The Morgan fingerprint density at radius 3 is 2.52 bits per heavy atom. The van der Waals surface area contributed by atoms with Crippen LogP contribution in [0.4, 0.5) is 9.52 Å².